The maximum atomic E-state index is 13.0. The third-order valence-corrected chi connectivity index (χ3v) is 7.96. The van der Waals surface area contributed by atoms with E-state index in [1.807, 2.05) is 58.9 Å². The van der Waals surface area contributed by atoms with Gasteiger partial charge in [-0.15, -0.1) is 0 Å². The van der Waals surface area contributed by atoms with Crippen LogP contribution in [0.2, 0.25) is 0 Å². The molecular weight excluding hydrogens is 481 g/mol. The Morgan fingerprint density at radius 1 is 0.921 bits per heavy atom. The molecule has 1 aliphatic carbocycles. The van der Waals surface area contributed by atoms with Gasteiger partial charge in [-0.25, -0.2) is 9.59 Å². The zero-order chi connectivity index (χ0) is 27.2. The molecule has 1 saturated heterocycles. The van der Waals surface area contributed by atoms with Gasteiger partial charge in [0.05, 0.1) is 23.9 Å². The molecule has 0 atom stereocenters. The van der Waals surface area contributed by atoms with Gasteiger partial charge >= 0.3 is 19.2 Å². The number of hydrogen-bond acceptors (Lipinski definition) is 6. The van der Waals surface area contributed by atoms with Crippen LogP contribution in [-0.4, -0.2) is 44.1 Å². The smallest absolute Gasteiger partial charge is 0.465 e. The van der Waals surface area contributed by atoms with E-state index in [0.717, 1.165) is 22.3 Å². The van der Waals surface area contributed by atoms with E-state index in [1.54, 1.807) is 12.1 Å². The number of nitrogens with one attached hydrogen (secondary N) is 1. The largest absolute Gasteiger partial charge is 0.495 e. The number of benzene rings is 3. The van der Waals surface area contributed by atoms with E-state index in [9.17, 15) is 9.59 Å². The number of hydrogen-bond donors (Lipinski definition) is 1. The van der Waals surface area contributed by atoms with Crippen LogP contribution in [0.4, 0.5) is 10.5 Å². The monoisotopic (exact) mass is 513 g/mol. The lowest BCUT2D eigenvalue weighted by Crippen LogP contribution is -2.41. The second kappa shape index (κ2) is 9.60. The van der Waals surface area contributed by atoms with Crippen LogP contribution in [0.3, 0.4) is 0 Å². The molecule has 1 amide bonds. The molecule has 0 unspecified atom stereocenters. The molecule has 0 radical (unpaired) electrons. The molecule has 0 saturated carbocycles. The van der Waals surface area contributed by atoms with Crippen LogP contribution in [0.15, 0.2) is 60.7 Å². The number of carbonyl (C=O) groups excluding carboxylic acids is 2. The minimum atomic E-state index is -0.715. The van der Waals surface area contributed by atoms with Crippen molar-refractivity contribution in [1.29, 1.82) is 0 Å². The Morgan fingerprint density at radius 2 is 1.47 bits per heavy atom. The summed E-state index contributed by atoms with van der Waals surface area (Å²) in [5, 5.41) is 2.83. The van der Waals surface area contributed by atoms with E-state index >= 15 is 0 Å². The fourth-order valence-electron chi connectivity index (χ4n) is 5.06. The first kappa shape index (κ1) is 26.0. The van der Waals surface area contributed by atoms with E-state index in [0.29, 0.717) is 16.7 Å². The van der Waals surface area contributed by atoms with Crippen molar-refractivity contribution in [3.8, 4) is 11.1 Å². The Balaban J connectivity index is 1.38. The van der Waals surface area contributed by atoms with Gasteiger partial charge in [-0.1, -0.05) is 48.5 Å². The summed E-state index contributed by atoms with van der Waals surface area (Å²) in [6, 6.07) is 19.6. The summed E-state index contributed by atoms with van der Waals surface area (Å²) in [4.78, 5) is 25.5. The summed E-state index contributed by atoms with van der Waals surface area (Å²) in [6.45, 7) is 9.87. The lowest BCUT2D eigenvalue weighted by Gasteiger charge is -2.32. The highest BCUT2D eigenvalue weighted by atomic mass is 16.7. The van der Waals surface area contributed by atoms with Gasteiger partial charge in [0.2, 0.25) is 0 Å². The zero-order valence-electron chi connectivity index (χ0n) is 22.6. The Bertz CT molecular complexity index is 1350. The van der Waals surface area contributed by atoms with Gasteiger partial charge in [0.15, 0.2) is 0 Å². The molecule has 38 heavy (non-hydrogen) atoms. The summed E-state index contributed by atoms with van der Waals surface area (Å²) in [7, 11) is 0.600. The van der Waals surface area contributed by atoms with Crippen molar-refractivity contribution >= 4 is 30.3 Å². The predicted molar refractivity (Wildman–Crippen MR) is 147 cm³/mol. The highest BCUT2D eigenvalue weighted by Crippen LogP contribution is 2.44. The van der Waals surface area contributed by atoms with Crippen molar-refractivity contribution in [3.63, 3.8) is 0 Å². The molecule has 196 valence electrons. The summed E-state index contributed by atoms with van der Waals surface area (Å²) in [5.74, 6) is -0.589. The molecule has 1 heterocycles. The summed E-state index contributed by atoms with van der Waals surface area (Å²) in [6.07, 6.45) is -0.614. The van der Waals surface area contributed by atoms with Gasteiger partial charge in [-0.2, -0.15) is 0 Å². The quantitative estimate of drug-likeness (QED) is 0.361. The molecule has 3 aromatic rings. The van der Waals surface area contributed by atoms with Crippen molar-refractivity contribution in [2.45, 2.75) is 51.7 Å². The summed E-state index contributed by atoms with van der Waals surface area (Å²) in [5.41, 5.74) is 5.51. The number of anilines is 1. The predicted octanol–water partition coefficient (Wildman–Crippen LogP) is 5.44. The first-order chi connectivity index (χ1) is 18.0. The SMILES string of the molecule is COC(=O)c1cc(NC(=O)OCC2c3ccccc3-c3ccccc32)c(C)c(B2OC(C)(C)C(C)(C)O2)c1. The number of fused-ring (bicyclic) bond motifs is 3. The average Bonchev–Trinajstić information content (AvgIpc) is 3.32. The third kappa shape index (κ3) is 4.48. The summed E-state index contributed by atoms with van der Waals surface area (Å²) < 4.78 is 23.1. The maximum Gasteiger partial charge on any atom is 0.495 e. The third-order valence-electron chi connectivity index (χ3n) is 7.96. The van der Waals surface area contributed by atoms with Crippen LogP contribution in [0.1, 0.15) is 60.7 Å². The van der Waals surface area contributed by atoms with Crippen molar-refractivity contribution in [3.05, 3.63) is 82.9 Å². The molecule has 0 spiro atoms. The van der Waals surface area contributed by atoms with Gasteiger partial charge in [0.25, 0.3) is 0 Å². The van der Waals surface area contributed by atoms with Gasteiger partial charge < -0.3 is 18.8 Å². The second-order valence-electron chi connectivity index (χ2n) is 10.8. The Labute approximate surface area is 223 Å². The van der Waals surface area contributed by atoms with Crippen LogP contribution in [-0.2, 0) is 18.8 Å². The summed E-state index contributed by atoms with van der Waals surface area (Å²) >= 11 is 0. The van der Waals surface area contributed by atoms with Crippen molar-refractivity contribution in [2.75, 3.05) is 19.0 Å². The van der Waals surface area contributed by atoms with Crippen molar-refractivity contribution in [2.24, 2.45) is 0 Å². The molecule has 0 bridgehead atoms. The lowest BCUT2D eigenvalue weighted by molar-refractivity contribution is 0.00578. The first-order valence-electron chi connectivity index (χ1n) is 12.7. The van der Waals surface area contributed by atoms with Crippen LogP contribution < -0.4 is 10.8 Å². The van der Waals surface area contributed by atoms with E-state index in [-0.39, 0.29) is 18.1 Å². The maximum absolute atomic E-state index is 13.0. The van der Waals surface area contributed by atoms with Crippen LogP contribution in [0.5, 0.6) is 0 Å². The minimum absolute atomic E-state index is 0.0593. The average molecular weight is 513 g/mol. The molecule has 1 aliphatic heterocycles. The second-order valence-corrected chi connectivity index (χ2v) is 10.8. The van der Waals surface area contributed by atoms with Crippen molar-refractivity contribution < 1.29 is 28.4 Å². The van der Waals surface area contributed by atoms with Gasteiger partial charge in [0, 0.05) is 11.6 Å². The molecule has 3 aromatic carbocycles. The highest BCUT2D eigenvalue weighted by Gasteiger charge is 2.52. The lowest BCUT2D eigenvalue weighted by atomic mass is 9.75. The number of amides is 1. The molecule has 0 aromatic heterocycles. The molecular formula is C30H32BNO6. The van der Waals surface area contributed by atoms with E-state index < -0.39 is 30.4 Å². The molecule has 8 heteroatoms. The topological polar surface area (TPSA) is 83.1 Å². The molecule has 7 nitrogen and oxygen atoms in total. The minimum Gasteiger partial charge on any atom is -0.465 e. The number of methoxy groups -OCH3 is 1. The van der Waals surface area contributed by atoms with Crippen LogP contribution >= 0.6 is 0 Å². The molecule has 2 aliphatic rings. The normalized spacial score (nSPS) is 17.1. The Hall–Kier alpha value is -3.62. The standard InChI is InChI=1S/C30H32BNO6/c1-18-25(31-37-29(2,3)30(4,5)38-31)15-19(27(33)35-6)16-26(18)32-28(34)36-17-24-22-13-9-7-11-20(22)21-12-8-10-14-23(21)24/h7-16,24H,17H2,1-6H3,(H,32,34). The van der Waals surface area contributed by atoms with Gasteiger partial charge in [0.1, 0.15) is 6.61 Å². The van der Waals surface area contributed by atoms with Crippen LogP contribution in [0.25, 0.3) is 11.1 Å². The molecule has 1 N–H and O–H groups in total. The van der Waals surface area contributed by atoms with E-state index in [4.69, 9.17) is 18.8 Å². The van der Waals surface area contributed by atoms with Gasteiger partial charge in [-0.3, -0.25) is 5.32 Å². The van der Waals surface area contributed by atoms with Crippen molar-refractivity contribution in [1.82, 2.24) is 0 Å². The zero-order valence-corrected chi connectivity index (χ0v) is 22.6. The molecule has 5 rings (SSSR count). The van der Waals surface area contributed by atoms with E-state index in [2.05, 4.69) is 29.6 Å². The number of esters is 1. The van der Waals surface area contributed by atoms with Gasteiger partial charge in [-0.05, 0) is 80.0 Å². The number of ether oxygens (including phenoxy) is 2. The fourth-order valence-corrected chi connectivity index (χ4v) is 5.06. The Morgan fingerprint density at radius 3 is 2.03 bits per heavy atom. The van der Waals surface area contributed by atoms with E-state index in [1.165, 1.54) is 7.11 Å². The van der Waals surface area contributed by atoms with Crippen LogP contribution in [0, 0.1) is 6.92 Å². The fraction of sp³-hybridized carbons (Fsp3) is 0.333. The first-order valence-corrected chi connectivity index (χ1v) is 12.7. The molecule has 1 fully saturated rings. The number of carbonyl (C=O) groups is 2. The number of rotatable bonds is 5. The Kier molecular flexibility index (Phi) is 6.57. The highest BCUT2D eigenvalue weighted by molar-refractivity contribution is 6.63.